The molecule has 0 spiro atoms. The van der Waals surface area contributed by atoms with Crippen LogP contribution in [0.5, 0.6) is 0 Å². The highest BCUT2D eigenvalue weighted by Gasteiger charge is 2.38. The molecule has 88 valence electrons. The van der Waals surface area contributed by atoms with Crippen molar-refractivity contribution in [1.82, 2.24) is 0 Å². The molecule has 1 nitrogen and oxygen atoms in total. The number of hydrogen-bond acceptors (Lipinski definition) is 1. The lowest BCUT2D eigenvalue weighted by Gasteiger charge is -2.42. The minimum absolute atomic E-state index is 0.232. The van der Waals surface area contributed by atoms with Gasteiger partial charge in [0.25, 0.3) is 0 Å². The Morgan fingerprint density at radius 1 is 1.12 bits per heavy atom. The average molecular weight is 229 g/mol. The largest absolute Gasteiger partial charge is 0.330 e. The Morgan fingerprint density at radius 3 is 2.06 bits per heavy atom. The van der Waals surface area contributed by atoms with E-state index in [-0.39, 0.29) is 5.41 Å². The molecule has 1 aromatic rings. The molecule has 0 aromatic heterocycles. The highest BCUT2D eigenvalue weighted by atomic mass is 19.2. The second-order valence-corrected chi connectivity index (χ2v) is 4.43. The maximum atomic E-state index is 13.1. The van der Waals surface area contributed by atoms with Gasteiger partial charge in [0, 0.05) is 0 Å². The molecule has 16 heavy (non-hydrogen) atoms. The highest BCUT2D eigenvalue weighted by molar-refractivity contribution is 5.30. The second-order valence-electron chi connectivity index (χ2n) is 4.43. The van der Waals surface area contributed by atoms with Crippen LogP contribution in [-0.2, 0) is 5.41 Å². The smallest absolute Gasteiger partial charge is 0.194 e. The first-order valence-electron chi connectivity index (χ1n) is 5.44. The van der Waals surface area contributed by atoms with Gasteiger partial charge < -0.3 is 5.73 Å². The van der Waals surface area contributed by atoms with Crippen molar-refractivity contribution in [3.05, 3.63) is 35.1 Å². The molecule has 1 aliphatic carbocycles. The standard InChI is InChI=1S/C12H14F3N/c13-9-6-8(7-10(14)11(9)15)12(4-5-16)2-1-3-12/h6-7H,1-5,16H2. The van der Waals surface area contributed by atoms with Gasteiger partial charge >= 0.3 is 0 Å². The van der Waals surface area contributed by atoms with Gasteiger partial charge in [0.15, 0.2) is 17.5 Å². The molecule has 0 amide bonds. The molecule has 0 atom stereocenters. The van der Waals surface area contributed by atoms with Gasteiger partial charge in [0.1, 0.15) is 0 Å². The Balaban J connectivity index is 2.39. The van der Waals surface area contributed by atoms with Crippen LogP contribution in [0.4, 0.5) is 13.2 Å². The summed E-state index contributed by atoms with van der Waals surface area (Å²) in [7, 11) is 0. The topological polar surface area (TPSA) is 26.0 Å². The Kier molecular flexibility index (Phi) is 2.93. The SMILES string of the molecule is NCCC1(c2cc(F)c(F)c(F)c2)CCC1. The van der Waals surface area contributed by atoms with E-state index in [4.69, 9.17) is 5.73 Å². The van der Waals surface area contributed by atoms with Gasteiger partial charge in [0.05, 0.1) is 0 Å². The van der Waals surface area contributed by atoms with Gasteiger partial charge in [-0.1, -0.05) is 6.42 Å². The number of nitrogens with two attached hydrogens (primary N) is 1. The zero-order valence-electron chi connectivity index (χ0n) is 8.90. The van der Waals surface area contributed by atoms with E-state index in [0.29, 0.717) is 18.5 Å². The fourth-order valence-corrected chi connectivity index (χ4v) is 2.42. The van der Waals surface area contributed by atoms with E-state index in [0.717, 1.165) is 31.4 Å². The third kappa shape index (κ3) is 1.71. The van der Waals surface area contributed by atoms with Gasteiger partial charge in [-0.3, -0.25) is 0 Å². The second kappa shape index (κ2) is 4.09. The first-order chi connectivity index (χ1) is 7.59. The molecule has 0 saturated heterocycles. The van der Waals surface area contributed by atoms with Crippen LogP contribution in [0.25, 0.3) is 0 Å². The van der Waals surface area contributed by atoms with Crippen LogP contribution in [-0.4, -0.2) is 6.54 Å². The van der Waals surface area contributed by atoms with Crippen molar-refractivity contribution in [1.29, 1.82) is 0 Å². The van der Waals surface area contributed by atoms with Gasteiger partial charge in [-0.2, -0.15) is 0 Å². The van der Waals surface area contributed by atoms with Crippen molar-refractivity contribution in [3.8, 4) is 0 Å². The van der Waals surface area contributed by atoms with E-state index in [1.807, 2.05) is 0 Å². The van der Waals surface area contributed by atoms with Crippen molar-refractivity contribution >= 4 is 0 Å². The predicted octanol–water partition coefficient (Wildman–Crippen LogP) is 2.87. The molecule has 1 fully saturated rings. The molecule has 2 rings (SSSR count). The van der Waals surface area contributed by atoms with E-state index in [1.165, 1.54) is 0 Å². The zero-order valence-corrected chi connectivity index (χ0v) is 8.90. The maximum Gasteiger partial charge on any atom is 0.194 e. The molecular weight excluding hydrogens is 215 g/mol. The Morgan fingerprint density at radius 2 is 1.69 bits per heavy atom. The van der Waals surface area contributed by atoms with E-state index < -0.39 is 17.5 Å². The molecule has 4 heteroatoms. The van der Waals surface area contributed by atoms with Crippen LogP contribution < -0.4 is 5.73 Å². The number of rotatable bonds is 3. The highest BCUT2D eigenvalue weighted by Crippen LogP contribution is 2.46. The van der Waals surface area contributed by atoms with Crippen molar-refractivity contribution in [2.24, 2.45) is 5.73 Å². The quantitative estimate of drug-likeness (QED) is 0.792. The normalized spacial score (nSPS) is 18.2. The Hall–Kier alpha value is -1.03. The van der Waals surface area contributed by atoms with Crippen molar-refractivity contribution in [2.45, 2.75) is 31.1 Å². The molecule has 0 heterocycles. The third-order valence-corrected chi connectivity index (χ3v) is 3.53. The van der Waals surface area contributed by atoms with Crippen molar-refractivity contribution in [2.75, 3.05) is 6.54 Å². The molecule has 1 aliphatic rings. The van der Waals surface area contributed by atoms with Gasteiger partial charge in [0.2, 0.25) is 0 Å². The summed E-state index contributed by atoms with van der Waals surface area (Å²) in [5, 5.41) is 0. The van der Waals surface area contributed by atoms with E-state index in [9.17, 15) is 13.2 Å². The lowest BCUT2D eigenvalue weighted by Crippen LogP contribution is -2.36. The van der Waals surface area contributed by atoms with E-state index >= 15 is 0 Å². The minimum atomic E-state index is -1.40. The van der Waals surface area contributed by atoms with Gasteiger partial charge in [-0.15, -0.1) is 0 Å². The fourth-order valence-electron chi connectivity index (χ4n) is 2.42. The van der Waals surface area contributed by atoms with Crippen LogP contribution in [0, 0.1) is 17.5 Å². The summed E-state index contributed by atoms with van der Waals surface area (Å²) in [6.45, 7) is 0.473. The Bertz CT molecular complexity index is 376. The van der Waals surface area contributed by atoms with Crippen LogP contribution >= 0.6 is 0 Å². The molecule has 0 aliphatic heterocycles. The third-order valence-electron chi connectivity index (χ3n) is 3.53. The molecule has 2 N–H and O–H groups in total. The molecular formula is C12H14F3N. The summed E-state index contributed by atoms with van der Waals surface area (Å²) in [4.78, 5) is 0. The maximum absolute atomic E-state index is 13.1. The lowest BCUT2D eigenvalue weighted by atomic mass is 9.62. The summed E-state index contributed by atoms with van der Waals surface area (Å²) < 4.78 is 39.1. The van der Waals surface area contributed by atoms with Crippen molar-refractivity contribution in [3.63, 3.8) is 0 Å². The summed E-state index contributed by atoms with van der Waals surface area (Å²) in [6.07, 6.45) is 3.46. The van der Waals surface area contributed by atoms with E-state index in [2.05, 4.69) is 0 Å². The summed E-state index contributed by atoms with van der Waals surface area (Å²) in [6, 6.07) is 2.21. The minimum Gasteiger partial charge on any atom is -0.330 e. The summed E-state index contributed by atoms with van der Waals surface area (Å²) in [5.74, 6) is -3.62. The van der Waals surface area contributed by atoms with Crippen LogP contribution in [0.3, 0.4) is 0 Å². The zero-order chi connectivity index (χ0) is 11.8. The van der Waals surface area contributed by atoms with E-state index in [1.54, 1.807) is 0 Å². The number of halogens is 3. The van der Waals surface area contributed by atoms with Crippen LogP contribution in [0.15, 0.2) is 12.1 Å². The first-order valence-corrected chi connectivity index (χ1v) is 5.44. The van der Waals surface area contributed by atoms with Crippen LogP contribution in [0.2, 0.25) is 0 Å². The summed E-state index contributed by atoms with van der Waals surface area (Å²) >= 11 is 0. The predicted molar refractivity (Wildman–Crippen MR) is 55.5 cm³/mol. The van der Waals surface area contributed by atoms with Gasteiger partial charge in [-0.25, -0.2) is 13.2 Å². The molecule has 0 unspecified atom stereocenters. The number of hydrogen-bond donors (Lipinski definition) is 1. The summed E-state index contributed by atoms with van der Waals surface area (Å²) in [5.41, 5.74) is 5.82. The van der Waals surface area contributed by atoms with Crippen molar-refractivity contribution < 1.29 is 13.2 Å². The molecule has 0 bridgehead atoms. The monoisotopic (exact) mass is 229 g/mol. The van der Waals surface area contributed by atoms with Gasteiger partial charge in [-0.05, 0) is 48.9 Å². The first kappa shape index (κ1) is 11.5. The Labute approximate surface area is 92.5 Å². The fraction of sp³-hybridized carbons (Fsp3) is 0.500. The number of benzene rings is 1. The molecule has 1 aromatic carbocycles. The van der Waals surface area contributed by atoms with Crippen LogP contribution in [0.1, 0.15) is 31.2 Å². The molecule has 0 radical (unpaired) electrons. The molecule has 1 saturated carbocycles. The lowest BCUT2D eigenvalue weighted by molar-refractivity contribution is 0.227. The average Bonchev–Trinajstić information content (AvgIpc) is 2.19.